The van der Waals surface area contributed by atoms with Crippen molar-refractivity contribution in [3.8, 4) is 0 Å². The molecule has 1 amide bonds. The van der Waals surface area contributed by atoms with E-state index in [0.717, 1.165) is 36.6 Å². The van der Waals surface area contributed by atoms with Gasteiger partial charge in [-0.3, -0.25) is 4.79 Å². The number of carbonyl (C=O) groups is 1. The molecule has 126 valence electrons. The summed E-state index contributed by atoms with van der Waals surface area (Å²) in [5, 5.41) is 12.9. The van der Waals surface area contributed by atoms with Crippen LogP contribution in [0.5, 0.6) is 0 Å². The molecule has 23 heavy (non-hydrogen) atoms. The first-order valence-electron chi connectivity index (χ1n) is 8.92. The lowest BCUT2D eigenvalue weighted by Crippen LogP contribution is -2.40. The molecule has 3 atom stereocenters. The van der Waals surface area contributed by atoms with E-state index < -0.39 is 0 Å². The summed E-state index contributed by atoms with van der Waals surface area (Å²) in [4.78, 5) is 14.6. The molecule has 4 heteroatoms. The molecule has 1 aromatic carbocycles. The molecule has 4 nitrogen and oxygen atoms in total. The number of benzene rings is 1. The largest absolute Gasteiger partial charge is 0.396 e. The van der Waals surface area contributed by atoms with E-state index in [1.54, 1.807) is 0 Å². The SMILES string of the molecule is CC1CCC(Nc2cccc(C(=O)N3CCCC(CO)C3)c2)C1. The minimum Gasteiger partial charge on any atom is -0.396 e. The first kappa shape index (κ1) is 16.3. The number of rotatable bonds is 4. The van der Waals surface area contributed by atoms with E-state index in [4.69, 9.17) is 0 Å². The Morgan fingerprint density at radius 2 is 2.22 bits per heavy atom. The van der Waals surface area contributed by atoms with Gasteiger partial charge in [-0.25, -0.2) is 0 Å². The zero-order chi connectivity index (χ0) is 16.2. The number of nitrogens with zero attached hydrogens (tertiary/aromatic N) is 1. The van der Waals surface area contributed by atoms with E-state index in [1.807, 2.05) is 29.2 Å². The third kappa shape index (κ3) is 4.05. The normalized spacial score (nSPS) is 27.9. The minimum absolute atomic E-state index is 0.0894. The van der Waals surface area contributed by atoms with Crippen LogP contribution in [-0.2, 0) is 0 Å². The van der Waals surface area contributed by atoms with Crippen LogP contribution in [0.1, 0.15) is 49.4 Å². The lowest BCUT2D eigenvalue weighted by Gasteiger charge is -2.32. The number of anilines is 1. The molecular formula is C19H28N2O2. The van der Waals surface area contributed by atoms with Crippen LogP contribution >= 0.6 is 0 Å². The summed E-state index contributed by atoms with van der Waals surface area (Å²) in [6.45, 7) is 3.95. The Morgan fingerprint density at radius 1 is 1.35 bits per heavy atom. The predicted molar refractivity (Wildman–Crippen MR) is 92.6 cm³/mol. The average Bonchev–Trinajstić information content (AvgIpc) is 2.99. The fourth-order valence-corrected chi connectivity index (χ4v) is 3.90. The predicted octanol–water partition coefficient (Wildman–Crippen LogP) is 3.13. The van der Waals surface area contributed by atoms with Gasteiger partial charge in [-0.15, -0.1) is 0 Å². The Kier molecular flexibility index (Phi) is 5.21. The van der Waals surface area contributed by atoms with Gasteiger partial charge in [0.05, 0.1) is 0 Å². The molecule has 0 aromatic heterocycles. The van der Waals surface area contributed by atoms with E-state index in [-0.39, 0.29) is 18.4 Å². The van der Waals surface area contributed by atoms with Crippen LogP contribution in [0, 0.1) is 11.8 Å². The zero-order valence-corrected chi connectivity index (χ0v) is 14.0. The zero-order valence-electron chi connectivity index (χ0n) is 14.0. The van der Waals surface area contributed by atoms with Crippen molar-refractivity contribution in [1.29, 1.82) is 0 Å². The number of hydrogen-bond donors (Lipinski definition) is 2. The Balaban J connectivity index is 1.65. The van der Waals surface area contributed by atoms with Crippen molar-refractivity contribution in [3.63, 3.8) is 0 Å². The lowest BCUT2D eigenvalue weighted by atomic mass is 9.98. The third-order valence-electron chi connectivity index (χ3n) is 5.24. The van der Waals surface area contributed by atoms with Crippen LogP contribution in [0.15, 0.2) is 24.3 Å². The number of carbonyl (C=O) groups excluding carboxylic acids is 1. The number of likely N-dealkylation sites (tertiary alicyclic amines) is 1. The second-order valence-corrected chi connectivity index (χ2v) is 7.28. The van der Waals surface area contributed by atoms with E-state index in [0.29, 0.717) is 12.6 Å². The summed E-state index contributed by atoms with van der Waals surface area (Å²) in [6.07, 6.45) is 5.70. The van der Waals surface area contributed by atoms with Crippen LogP contribution in [0.25, 0.3) is 0 Å². The van der Waals surface area contributed by atoms with Crippen LogP contribution in [0.4, 0.5) is 5.69 Å². The molecule has 0 radical (unpaired) electrons. The highest BCUT2D eigenvalue weighted by Gasteiger charge is 2.25. The molecular weight excluding hydrogens is 288 g/mol. The molecule has 2 N–H and O–H groups in total. The number of nitrogens with one attached hydrogen (secondary N) is 1. The molecule has 1 aliphatic carbocycles. The number of aliphatic hydroxyl groups is 1. The minimum atomic E-state index is 0.0894. The standard InChI is InChI=1S/C19H28N2O2/c1-14-7-8-18(10-14)20-17-6-2-5-16(11-17)19(23)21-9-3-4-15(12-21)13-22/h2,5-6,11,14-15,18,20,22H,3-4,7-10,12-13H2,1H3. The highest BCUT2D eigenvalue weighted by Crippen LogP contribution is 2.28. The van der Waals surface area contributed by atoms with Crippen molar-refractivity contribution in [2.24, 2.45) is 11.8 Å². The number of amides is 1. The smallest absolute Gasteiger partial charge is 0.253 e. The van der Waals surface area contributed by atoms with Crippen LogP contribution in [-0.4, -0.2) is 41.7 Å². The second-order valence-electron chi connectivity index (χ2n) is 7.28. The summed E-state index contributed by atoms with van der Waals surface area (Å²) in [5.74, 6) is 1.11. The summed E-state index contributed by atoms with van der Waals surface area (Å²) >= 11 is 0. The van der Waals surface area contributed by atoms with Crippen LogP contribution in [0.3, 0.4) is 0 Å². The van der Waals surface area contributed by atoms with E-state index in [2.05, 4.69) is 12.2 Å². The van der Waals surface area contributed by atoms with Gasteiger partial charge in [-0.05, 0) is 62.1 Å². The highest BCUT2D eigenvalue weighted by atomic mass is 16.3. The number of piperidine rings is 1. The second kappa shape index (κ2) is 7.35. The maximum Gasteiger partial charge on any atom is 0.253 e. The molecule has 1 heterocycles. The first-order chi connectivity index (χ1) is 11.2. The first-order valence-corrected chi connectivity index (χ1v) is 8.92. The van der Waals surface area contributed by atoms with Crippen LogP contribution in [0.2, 0.25) is 0 Å². The maximum atomic E-state index is 12.7. The average molecular weight is 316 g/mol. The Hall–Kier alpha value is -1.55. The fourth-order valence-electron chi connectivity index (χ4n) is 3.90. The van der Waals surface area contributed by atoms with Gasteiger partial charge in [0.1, 0.15) is 0 Å². The van der Waals surface area contributed by atoms with Crippen molar-refractivity contribution in [1.82, 2.24) is 4.90 Å². The Morgan fingerprint density at radius 3 is 2.96 bits per heavy atom. The molecule has 1 aromatic rings. The molecule has 3 unspecified atom stereocenters. The van der Waals surface area contributed by atoms with Crippen molar-refractivity contribution in [2.75, 3.05) is 25.0 Å². The van der Waals surface area contributed by atoms with Crippen LogP contribution < -0.4 is 5.32 Å². The Labute approximate surface area is 138 Å². The third-order valence-corrected chi connectivity index (χ3v) is 5.24. The summed E-state index contributed by atoms with van der Waals surface area (Å²) in [5.41, 5.74) is 1.80. The topological polar surface area (TPSA) is 52.6 Å². The van der Waals surface area contributed by atoms with E-state index >= 15 is 0 Å². The van der Waals surface area contributed by atoms with Crippen molar-refractivity contribution < 1.29 is 9.90 Å². The van der Waals surface area contributed by atoms with Gasteiger partial charge < -0.3 is 15.3 Å². The molecule has 3 rings (SSSR count). The van der Waals surface area contributed by atoms with Gasteiger partial charge in [0.15, 0.2) is 0 Å². The van der Waals surface area contributed by atoms with Gasteiger partial charge in [-0.2, -0.15) is 0 Å². The lowest BCUT2D eigenvalue weighted by molar-refractivity contribution is 0.0621. The number of hydrogen-bond acceptors (Lipinski definition) is 3. The quantitative estimate of drug-likeness (QED) is 0.897. The molecule has 0 bridgehead atoms. The van der Waals surface area contributed by atoms with Gasteiger partial charge in [0.2, 0.25) is 0 Å². The monoisotopic (exact) mass is 316 g/mol. The summed E-state index contributed by atoms with van der Waals surface area (Å²) in [6, 6.07) is 8.42. The number of aliphatic hydroxyl groups excluding tert-OH is 1. The summed E-state index contributed by atoms with van der Waals surface area (Å²) < 4.78 is 0. The van der Waals surface area contributed by atoms with Crippen molar-refractivity contribution in [2.45, 2.75) is 45.1 Å². The van der Waals surface area contributed by atoms with Gasteiger partial charge in [0, 0.05) is 37.0 Å². The van der Waals surface area contributed by atoms with E-state index in [1.165, 1.54) is 19.3 Å². The molecule has 1 saturated carbocycles. The van der Waals surface area contributed by atoms with Crippen molar-refractivity contribution in [3.05, 3.63) is 29.8 Å². The fraction of sp³-hybridized carbons (Fsp3) is 0.632. The molecule has 1 aliphatic heterocycles. The molecule has 1 saturated heterocycles. The Bertz CT molecular complexity index is 546. The van der Waals surface area contributed by atoms with Gasteiger partial charge in [0.25, 0.3) is 5.91 Å². The van der Waals surface area contributed by atoms with Crippen molar-refractivity contribution >= 4 is 11.6 Å². The molecule has 2 aliphatic rings. The molecule has 0 spiro atoms. The van der Waals surface area contributed by atoms with Gasteiger partial charge in [-0.1, -0.05) is 13.0 Å². The van der Waals surface area contributed by atoms with E-state index in [9.17, 15) is 9.90 Å². The highest BCUT2D eigenvalue weighted by molar-refractivity contribution is 5.95. The summed E-state index contributed by atoms with van der Waals surface area (Å²) in [7, 11) is 0. The maximum absolute atomic E-state index is 12.7. The van der Waals surface area contributed by atoms with Gasteiger partial charge >= 0.3 is 0 Å². The molecule has 2 fully saturated rings.